The molecule has 0 bridgehead atoms. The van der Waals surface area contributed by atoms with Crippen molar-refractivity contribution in [1.82, 2.24) is 4.98 Å². The summed E-state index contributed by atoms with van der Waals surface area (Å²) in [6.07, 6.45) is 1.99. The molecule has 1 aromatic carbocycles. The fraction of sp³-hybridized carbons (Fsp3) is 0.400. The van der Waals surface area contributed by atoms with Gasteiger partial charge in [-0.15, -0.1) is 0 Å². The number of nitrogens with one attached hydrogen (secondary N) is 2. The van der Waals surface area contributed by atoms with E-state index in [0.29, 0.717) is 5.69 Å². The van der Waals surface area contributed by atoms with Crippen molar-refractivity contribution in [2.75, 3.05) is 29.9 Å². The summed E-state index contributed by atoms with van der Waals surface area (Å²) in [7, 11) is 0. The van der Waals surface area contributed by atoms with Gasteiger partial charge in [-0.05, 0) is 36.5 Å². The Bertz CT molecular complexity index is 883. The summed E-state index contributed by atoms with van der Waals surface area (Å²) in [6, 6.07) is 8.37. The van der Waals surface area contributed by atoms with Gasteiger partial charge in [0.05, 0.1) is 17.9 Å². The van der Waals surface area contributed by atoms with Gasteiger partial charge in [-0.1, -0.05) is 26.0 Å². The van der Waals surface area contributed by atoms with E-state index < -0.39 is 0 Å². The molecule has 4 rings (SSSR count). The normalized spacial score (nSPS) is 19.2. The number of H-pyrrole nitrogens is 1. The molecule has 0 aliphatic carbocycles. The monoisotopic (exact) mass is 337 g/mol. The van der Waals surface area contributed by atoms with E-state index in [9.17, 15) is 9.59 Å². The number of aromatic nitrogens is 1. The first-order chi connectivity index (χ1) is 12.1. The lowest BCUT2D eigenvalue weighted by Crippen LogP contribution is -2.19. The minimum absolute atomic E-state index is 0.129. The first-order valence-corrected chi connectivity index (χ1v) is 9.00. The van der Waals surface area contributed by atoms with Gasteiger partial charge in [0, 0.05) is 24.3 Å². The third kappa shape index (κ3) is 2.64. The summed E-state index contributed by atoms with van der Waals surface area (Å²) in [5, 5.41) is 3.10. The number of hydrogen-bond donors (Lipinski definition) is 2. The summed E-state index contributed by atoms with van der Waals surface area (Å²) < 4.78 is 0. The minimum Gasteiger partial charge on any atom is -0.377 e. The molecule has 1 atom stereocenters. The molecule has 2 aliphatic rings. The molecular formula is C20H23N3O2. The molecule has 5 heteroatoms. The Kier molecular flexibility index (Phi) is 3.86. The molecule has 0 radical (unpaired) electrons. The molecule has 2 N–H and O–H groups in total. The van der Waals surface area contributed by atoms with E-state index in [2.05, 4.69) is 46.4 Å². The van der Waals surface area contributed by atoms with E-state index in [1.54, 1.807) is 0 Å². The second-order valence-electron chi connectivity index (χ2n) is 7.07. The summed E-state index contributed by atoms with van der Waals surface area (Å²) in [6.45, 7) is 6.73. The van der Waals surface area contributed by atoms with E-state index in [-0.39, 0.29) is 23.5 Å². The van der Waals surface area contributed by atoms with E-state index in [1.165, 1.54) is 12.1 Å². The summed E-state index contributed by atoms with van der Waals surface area (Å²) in [4.78, 5) is 29.6. The Morgan fingerprint density at radius 2 is 1.96 bits per heavy atom. The predicted octanol–water partition coefficient (Wildman–Crippen LogP) is 3.06. The molecule has 130 valence electrons. The standard InChI is InChI=1S/C20H23N3O2/c1-3-15-18(22-20(25)17-16(24)10-21-19(15)17)13-4-6-14(7-5-13)23-9-8-12(2)11-23/h4-7,12,21H,3,8-11H2,1-2H3,(H,22,25). The molecule has 3 heterocycles. The van der Waals surface area contributed by atoms with Crippen molar-refractivity contribution in [2.24, 2.45) is 5.92 Å². The maximum absolute atomic E-state index is 12.4. The van der Waals surface area contributed by atoms with Gasteiger partial charge in [-0.2, -0.15) is 0 Å². The lowest BCUT2D eigenvalue weighted by Gasteiger charge is -2.19. The van der Waals surface area contributed by atoms with Crippen LogP contribution in [-0.4, -0.2) is 30.4 Å². The molecule has 2 aromatic rings. The summed E-state index contributed by atoms with van der Waals surface area (Å²) >= 11 is 0. The van der Waals surface area contributed by atoms with E-state index in [0.717, 1.165) is 42.2 Å². The SMILES string of the molecule is CCc1c(-c2ccc(N3CCC(C)C3)cc2)[nH]c(=O)c2c1NCC2=O. The predicted molar refractivity (Wildman–Crippen MR) is 101 cm³/mol. The van der Waals surface area contributed by atoms with Crippen molar-refractivity contribution < 1.29 is 4.79 Å². The first-order valence-electron chi connectivity index (χ1n) is 9.00. The Balaban J connectivity index is 1.74. The van der Waals surface area contributed by atoms with Crippen LogP contribution in [0.3, 0.4) is 0 Å². The minimum atomic E-state index is -0.297. The third-order valence-electron chi connectivity index (χ3n) is 5.32. The molecule has 1 unspecified atom stereocenters. The number of pyridine rings is 1. The number of nitrogens with zero attached hydrogens (tertiary/aromatic N) is 1. The van der Waals surface area contributed by atoms with Crippen molar-refractivity contribution in [3.63, 3.8) is 0 Å². The molecule has 5 nitrogen and oxygen atoms in total. The molecule has 1 fully saturated rings. The number of aromatic amines is 1. The van der Waals surface area contributed by atoms with Gasteiger partial charge >= 0.3 is 0 Å². The number of rotatable bonds is 3. The molecular weight excluding hydrogens is 314 g/mol. The second kappa shape index (κ2) is 6.06. The molecule has 0 amide bonds. The first kappa shape index (κ1) is 15.9. The van der Waals surface area contributed by atoms with Crippen LogP contribution in [-0.2, 0) is 6.42 Å². The topological polar surface area (TPSA) is 65.2 Å². The average molecular weight is 337 g/mol. The van der Waals surface area contributed by atoms with Crippen LogP contribution in [0, 0.1) is 5.92 Å². The second-order valence-corrected chi connectivity index (χ2v) is 7.07. The number of benzene rings is 1. The van der Waals surface area contributed by atoms with Gasteiger partial charge in [-0.3, -0.25) is 9.59 Å². The molecule has 1 aromatic heterocycles. The fourth-order valence-electron chi connectivity index (χ4n) is 3.97. The van der Waals surface area contributed by atoms with Crippen LogP contribution in [0.5, 0.6) is 0 Å². The average Bonchev–Trinajstić information content (AvgIpc) is 3.22. The molecule has 2 aliphatic heterocycles. The highest BCUT2D eigenvalue weighted by Gasteiger charge is 2.27. The molecule has 25 heavy (non-hydrogen) atoms. The number of ketones is 1. The maximum atomic E-state index is 12.4. The van der Waals surface area contributed by atoms with Gasteiger partial charge in [0.15, 0.2) is 5.78 Å². The summed E-state index contributed by atoms with van der Waals surface area (Å²) in [5.41, 5.74) is 4.72. The van der Waals surface area contributed by atoms with Crippen molar-refractivity contribution in [2.45, 2.75) is 26.7 Å². The lowest BCUT2D eigenvalue weighted by atomic mass is 9.99. The Morgan fingerprint density at radius 3 is 2.60 bits per heavy atom. The molecule has 0 spiro atoms. The lowest BCUT2D eigenvalue weighted by molar-refractivity contribution is 0.101. The highest BCUT2D eigenvalue weighted by atomic mass is 16.1. The number of anilines is 2. The van der Waals surface area contributed by atoms with Crippen LogP contribution < -0.4 is 15.8 Å². The van der Waals surface area contributed by atoms with Gasteiger partial charge in [-0.25, -0.2) is 0 Å². The van der Waals surface area contributed by atoms with Crippen LogP contribution >= 0.6 is 0 Å². The van der Waals surface area contributed by atoms with Crippen LogP contribution in [0.1, 0.15) is 36.2 Å². The van der Waals surface area contributed by atoms with E-state index >= 15 is 0 Å². The number of hydrogen-bond acceptors (Lipinski definition) is 4. The molecule has 0 saturated carbocycles. The maximum Gasteiger partial charge on any atom is 0.261 e. The number of fused-ring (bicyclic) bond motifs is 1. The van der Waals surface area contributed by atoms with Gasteiger partial charge in [0.25, 0.3) is 5.56 Å². The van der Waals surface area contributed by atoms with Gasteiger partial charge in [0.2, 0.25) is 0 Å². The summed E-state index contributed by atoms with van der Waals surface area (Å²) in [5.74, 6) is 0.610. The number of Topliss-reactive ketones (excluding diaryl/α,β-unsaturated/α-hetero) is 1. The fourth-order valence-corrected chi connectivity index (χ4v) is 3.97. The number of carbonyl (C=O) groups excluding carboxylic acids is 1. The Morgan fingerprint density at radius 1 is 1.20 bits per heavy atom. The highest BCUT2D eigenvalue weighted by Crippen LogP contribution is 2.33. The zero-order valence-corrected chi connectivity index (χ0v) is 14.7. The van der Waals surface area contributed by atoms with Gasteiger partial charge in [0.1, 0.15) is 5.56 Å². The Labute approximate surface area is 147 Å². The van der Waals surface area contributed by atoms with Crippen molar-refractivity contribution in [3.8, 4) is 11.3 Å². The largest absolute Gasteiger partial charge is 0.377 e. The highest BCUT2D eigenvalue weighted by molar-refractivity contribution is 6.09. The quantitative estimate of drug-likeness (QED) is 0.903. The van der Waals surface area contributed by atoms with Gasteiger partial charge < -0.3 is 15.2 Å². The zero-order valence-electron chi connectivity index (χ0n) is 14.7. The van der Waals surface area contributed by atoms with Crippen LogP contribution in [0.4, 0.5) is 11.4 Å². The van der Waals surface area contributed by atoms with Crippen LogP contribution in [0.25, 0.3) is 11.3 Å². The van der Waals surface area contributed by atoms with Crippen molar-refractivity contribution >= 4 is 17.2 Å². The van der Waals surface area contributed by atoms with Crippen LogP contribution in [0.15, 0.2) is 29.1 Å². The number of carbonyl (C=O) groups is 1. The van der Waals surface area contributed by atoms with Crippen LogP contribution in [0.2, 0.25) is 0 Å². The zero-order chi connectivity index (χ0) is 17.6. The smallest absolute Gasteiger partial charge is 0.261 e. The van der Waals surface area contributed by atoms with E-state index in [4.69, 9.17) is 0 Å². The third-order valence-corrected chi connectivity index (χ3v) is 5.32. The van der Waals surface area contributed by atoms with Crippen molar-refractivity contribution in [3.05, 3.63) is 45.7 Å². The molecule has 1 saturated heterocycles. The van der Waals surface area contributed by atoms with E-state index in [1.807, 2.05) is 6.92 Å². The Hall–Kier alpha value is -2.56. The van der Waals surface area contributed by atoms with Crippen molar-refractivity contribution in [1.29, 1.82) is 0 Å².